The smallest absolute Gasteiger partial charge is 0.273 e. The summed E-state index contributed by atoms with van der Waals surface area (Å²) < 4.78 is 16.0. The van der Waals surface area contributed by atoms with E-state index in [1.54, 1.807) is 22.4 Å². The third-order valence-corrected chi connectivity index (χ3v) is 6.42. The van der Waals surface area contributed by atoms with Gasteiger partial charge in [-0.05, 0) is 18.1 Å². The number of piperidine rings is 1. The van der Waals surface area contributed by atoms with Crippen LogP contribution in [0.1, 0.15) is 58.6 Å². The van der Waals surface area contributed by atoms with Gasteiger partial charge in [-0.2, -0.15) is 0 Å². The molecular weight excluding hydrogens is 446 g/mol. The fraction of sp³-hybridized carbons (Fsp3) is 0.478. The Morgan fingerprint density at radius 2 is 1.67 bits per heavy atom. The molecule has 1 aromatic heterocycles. The van der Waals surface area contributed by atoms with E-state index in [0.717, 1.165) is 0 Å². The van der Waals surface area contributed by atoms with Crippen LogP contribution in [-0.2, 0) is 4.79 Å². The van der Waals surface area contributed by atoms with E-state index in [4.69, 9.17) is 14.2 Å². The number of ketones is 1. The first kappa shape index (κ1) is 24.5. The molecular formula is C23H29N3O6S. The van der Waals surface area contributed by atoms with Crippen molar-refractivity contribution in [2.45, 2.75) is 32.7 Å². The minimum atomic E-state index is -0.397. The van der Waals surface area contributed by atoms with Crippen LogP contribution in [-0.4, -0.2) is 61.9 Å². The molecule has 1 aliphatic rings. The van der Waals surface area contributed by atoms with Crippen molar-refractivity contribution in [1.82, 2.24) is 15.2 Å². The minimum Gasteiger partial charge on any atom is -0.493 e. The van der Waals surface area contributed by atoms with Crippen LogP contribution in [0.25, 0.3) is 0 Å². The van der Waals surface area contributed by atoms with Crippen LogP contribution in [0.5, 0.6) is 17.2 Å². The number of thiazole rings is 1. The van der Waals surface area contributed by atoms with Crippen molar-refractivity contribution >= 4 is 28.9 Å². The molecule has 1 saturated heterocycles. The Bertz CT molecular complexity index is 1000. The van der Waals surface area contributed by atoms with Gasteiger partial charge in [-0.15, -0.1) is 11.3 Å². The standard InChI is InChI=1S/C23H29N3O6S/c1-13(2)19(22-24-16(12-33-22)23(29)26-8-6-15(27)7-9-26)25-21(28)14-10-17(30-3)20(32-5)18(11-14)31-4/h10-13,19H,6-9H2,1-5H3,(H,25,28). The Hall–Kier alpha value is -3.14. The molecule has 2 heterocycles. The second kappa shape index (κ2) is 10.7. The van der Waals surface area contributed by atoms with Gasteiger partial charge in [-0.1, -0.05) is 13.8 Å². The zero-order chi connectivity index (χ0) is 24.1. The number of nitrogens with one attached hydrogen (secondary N) is 1. The molecule has 33 heavy (non-hydrogen) atoms. The number of carbonyl (C=O) groups is 3. The summed E-state index contributed by atoms with van der Waals surface area (Å²) in [4.78, 5) is 43.5. The number of methoxy groups -OCH3 is 3. The first-order chi connectivity index (χ1) is 15.8. The molecule has 0 spiro atoms. The van der Waals surface area contributed by atoms with Gasteiger partial charge < -0.3 is 24.4 Å². The lowest BCUT2D eigenvalue weighted by atomic mass is 10.0. The Labute approximate surface area is 197 Å². The minimum absolute atomic E-state index is 0.0256. The number of Topliss-reactive ketones (excluding diaryl/α,β-unsaturated/α-hetero) is 1. The summed E-state index contributed by atoms with van der Waals surface area (Å²) in [6.45, 7) is 4.77. The van der Waals surface area contributed by atoms with Crippen molar-refractivity contribution in [3.63, 3.8) is 0 Å². The van der Waals surface area contributed by atoms with Crippen molar-refractivity contribution < 1.29 is 28.6 Å². The van der Waals surface area contributed by atoms with Gasteiger partial charge in [-0.25, -0.2) is 4.98 Å². The normalized spacial score (nSPS) is 14.7. The molecule has 1 fully saturated rings. The third-order valence-electron chi connectivity index (χ3n) is 5.50. The highest BCUT2D eigenvalue weighted by molar-refractivity contribution is 7.09. The van der Waals surface area contributed by atoms with E-state index in [2.05, 4.69) is 10.3 Å². The van der Waals surface area contributed by atoms with Gasteiger partial charge in [0, 0.05) is 36.9 Å². The predicted molar refractivity (Wildman–Crippen MR) is 123 cm³/mol. The maximum absolute atomic E-state index is 13.1. The van der Waals surface area contributed by atoms with Gasteiger partial charge in [0.15, 0.2) is 11.5 Å². The molecule has 3 rings (SSSR count). The number of nitrogens with zero attached hydrogens (tertiary/aromatic N) is 2. The highest BCUT2D eigenvalue weighted by atomic mass is 32.1. The maximum atomic E-state index is 13.1. The number of carbonyl (C=O) groups excluding carboxylic acids is 3. The van der Waals surface area contributed by atoms with Gasteiger partial charge in [0.2, 0.25) is 5.75 Å². The Kier molecular flexibility index (Phi) is 7.91. The van der Waals surface area contributed by atoms with E-state index >= 15 is 0 Å². The van der Waals surface area contributed by atoms with Crippen LogP contribution in [0.3, 0.4) is 0 Å². The fourth-order valence-corrected chi connectivity index (χ4v) is 4.61. The van der Waals surface area contributed by atoms with Crippen LogP contribution < -0.4 is 19.5 Å². The molecule has 0 bridgehead atoms. The number of rotatable bonds is 8. The number of amides is 2. The Morgan fingerprint density at radius 1 is 1.06 bits per heavy atom. The molecule has 0 saturated carbocycles. The summed E-state index contributed by atoms with van der Waals surface area (Å²) >= 11 is 1.33. The Morgan fingerprint density at radius 3 is 2.18 bits per heavy atom. The third kappa shape index (κ3) is 5.44. The van der Waals surface area contributed by atoms with E-state index in [1.165, 1.54) is 32.7 Å². The Balaban J connectivity index is 1.80. The SMILES string of the molecule is COc1cc(C(=O)NC(c2nc(C(=O)N3CCC(=O)CC3)cs2)C(C)C)cc(OC)c1OC. The van der Waals surface area contributed by atoms with Gasteiger partial charge in [0.1, 0.15) is 16.5 Å². The lowest BCUT2D eigenvalue weighted by molar-refractivity contribution is -0.120. The van der Waals surface area contributed by atoms with Crippen molar-refractivity contribution in [1.29, 1.82) is 0 Å². The average Bonchev–Trinajstić information content (AvgIpc) is 3.30. The second-order valence-corrected chi connectivity index (χ2v) is 8.90. The van der Waals surface area contributed by atoms with E-state index in [0.29, 0.717) is 59.4 Å². The number of aromatic nitrogens is 1. The lowest BCUT2D eigenvalue weighted by Crippen LogP contribution is -2.38. The summed E-state index contributed by atoms with van der Waals surface area (Å²) in [5, 5.41) is 5.36. The quantitative estimate of drug-likeness (QED) is 0.625. The molecule has 1 unspecified atom stereocenters. The lowest BCUT2D eigenvalue weighted by Gasteiger charge is -2.25. The van der Waals surface area contributed by atoms with E-state index in [-0.39, 0.29) is 23.5 Å². The predicted octanol–water partition coefficient (Wildman–Crippen LogP) is 3.10. The summed E-state index contributed by atoms with van der Waals surface area (Å²) in [5.41, 5.74) is 0.679. The van der Waals surface area contributed by atoms with Crippen LogP contribution in [0, 0.1) is 5.92 Å². The van der Waals surface area contributed by atoms with E-state index in [1.807, 2.05) is 13.8 Å². The molecule has 0 radical (unpaired) electrons. The number of hydrogen-bond acceptors (Lipinski definition) is 8. The zero-order valence-electron chi connectivity index (χ0n) is 19.5. The maximum Gasteiger partial charge on any atom is 0.273 e. The van der Waals surface area contributed by atoms with Gasteiger partial charge >= 0.3 is 0 Å². The van der Waals surface area contributed by atoms with Crippen molar-refractivity contribution in [2.75, 3.05) is 34.4 Å². The van der Waals surface area contributed by atoms with Gasteiger partial charge in [-0.3, -0.25) is 14.4 Å². The molecule has 1 N–H and O–H groups in total. The monoisotopic (exact) mass is 475 g/mol. The zero-order valence-corrected chi connectivity index (χ0v) is 20.3. The molecule has 10 heteroatoms. The van der Waals surface area contributed by atoms with Gasteiger partial charge in [0.05, 0.1) is 27.4 Å². The molecule has 0 aliphatic carbocycles. The number of hydrogen-bond donors (Lipinski definition) is 1. The highest BCUT2D eigenvalue weighted by Gasteiger charge is 2.27. The van der Waals surface area contributed by atoms with Crippen molar-refractivity contribution in [2.24, 2.45) is 5.92 Å². The second-order valence-electron chi connectivity index (χ2n) is 8.01. The van der Waals surface area contributed by atoms with Crippen LogP contribution >= 0.6 is 11.3 Å². The summed E-state index contributed by atoms with van der Waals surface area (Å²) in [6, 6.07) is 2.77. The van der Waals surface area contributed by atoms with Gasteiger partial charge in [0.25, 0.3) is 11.8 Å². The molecule has 1 aliphatic heterocycles. The molecule has 178 valence electrons. The molecule has 1 atom stereocenters. The summed E-state index contributed by atoms with van der Waals surface area (Å²) in [7, 11) is 4.47. The largest absolute Gasteiger partial charge is 0.493 e. The van der Waals surface area contributed by atoms with Crippen LogP contribution in [0.4, 0.5) is 0 Å². The molecule has 2 aromatic rings. The van der Waals surface area contributed by atoms with Crippen molar-refractivity contribution in [3.8, 4) is 17.2 Å². The first-order valence-electron chi connectivity index (χ1n) is 10.7. The topological polar surface area (TPSA) is 107 Å². The molecule has 1 aromatic carbocycles. The summed E-state index contributed by atoms with van der Waals surface area (Å²) in [5.74, 6) is 0.842. The first-order valence-corrected chi connectivity index (χ1v) is 11.5. The average molecular weight is 476 g/mol. The van der Waals surface area contributed by atoms with Crippen LogP contribution in [0.2, 0.25) is 0 Å². The molecule has 2 amide bonds. The highest BCUT2D eigenvalue weighted by Crippen LogP contribution is 2.38. The number of benzene rings is 1. The summed E-state index contributed by atoms with van der Waals surface area (Å²) in [6.07, 6.45) is 0.754. The van der Waals surface area contributed by atoms with Crippen LogP contribution in [0.15, 0.2) is 17.5 Å². The fourth-order valence-electron chi connectivity index (χ4n) is 3.60. The molecule has 9 nitrogen and oxygen atoms in total. The van der Waals surface area contributed by atoms with E-state index in [9.17, 15) is 14.4 Å². The number of ether oxygens (including phenoxy) is 3. The van der Waals surface area contributed by atoms with E-state index < -0.39 is 6.04 Å². The van der Waals surface area contributed by atoms with Crippen molar-refractivity contribution in [3.05, 3.63) is 33.8 Å². The number of likely N-dealkylation sites (tertiary alicyclic amines) is 1.